The number of para-hydroxylation sites is 1. The molecule has 7 nitrogen and oxygen atoms in total. The number of carbonyl (C=O) groups is 2. The maximum atomic E-state index is 13.2. The van der Waals surface area contributed by atoms with E-state index in [0.717, 1.165) is 22.5 Å². The van der Waals surface area contributed by atoms with Gasteiger partial charge in [0.25, 0.3) is 5.91 Å². The molecule has 0 aliphatic carbocycles. The van der Waals surface area contributed by atoms with Gasteiger partial charge in [0.2, 0.25) is 5.91 Å². The molecule has 2 amide bonds. The molecule has 0 spiro atoms. The summed E-state index contributed by atoms with van der Waals surface area (Å²) in [6.45, 7) is 4.35. The third-order valence-electron chi connectivity index (χ3n) is 5.14. The Morgan fingerprint density at radius 1 is 1.27 bits per heavy atom. The van der Waals surface area contributed by atoms with E-state index in [2.05, 4.69) is 10.2 Å². The minimum Gasteiger partial charge on any atom is -0.369 e. The first kappa shape index (κ1) is 16.8. The third kappa shape index (κ3) is 2.68. The highest BCUT2D eigenvalue weighted by atomic mass is 16.5. The van der Waals surface area contributed by atoms with Gasteiger partial charge in [-0.1, -0.05) is 18.2 Å². The largest absolute Gasteiger partial charge is 0.369 e. The smallest absolute Gasteiger partial charge is 0.275 e. The second-order valence-corrected chi connectivity index (χ2v) is 7.00. The minimum atomic E-state index is -0.220. The zero-order valence-electron chi connectivity index (χ0n) is 15.2. The van der Waals surface area contributed by atoms with Crippen molar-refractivity contribution in [1.82, 2.24) is 15.1 Å². The molecule has 2 aliphatic heterocycles. The van der Waals surface area contributed by atoms with Crippen LogP contribution in [-0.2, 0) is 22.5 Å². The van der Waals surface area contributed by atoms with Crippen LogP contribution in [0.15, 0.2) is 24.3 Å². The predicted molar refractivity (Wildman–Crippen MR) is 95.8 cm³/mol. The van der Waals surface area contributed by atoms with Gasteiger partial charge in [-0.2, -0.15) is 5.10 Å². The number of benzene rings is 1. The Kier molecular flexibility index (Phi) is 4.03. The molecule has 136 valence electrons. The van der Waals surface area contributed by atoms with Gasteiger partial charge in [0.1, 0.15) is 6.54 Å². The van der Waals surface area contributed by atoms with Gasteiger partial charge in [0, 0.05) is 31.3 Å². The summed E-state index contributed by atoms with van der Waals surface area (Å²) in [5, 5.41) is 7.22. The van der Waals surface area contributed by atoms with Gasteiger partial charge < -0.3 is 14.5 Å². The lowest BCUT2D eigenvalue weighted by atomic mass is 9.99. The van der Waals surface area contributed by atoms with Crippen molar-refractivity contribution < 1.29 is 14.3 Å². The fourth-order valence-electron chi connectivity index (χ4n) is 3.78. The van der Waals surface area contributed by atoms with Crippen LogP contribution in [-0.4, -0.2) is 46.6 Å². The number of H-pyrrole nitrogens is 1. The SMILES string of the molecule is C[C@@H]1Cc2c(C(=O)N3CC(=O)N(C)c4ccccc4C3)n[nH]c2[C@H](C)O1. The van der Waals surface area contributed by atoms with Gasteiger partial charge in [0.05, 0.1) is 17.9 Å². The van der Waals surface area contributed by atoms with E-state index in [0.29, 0.717) is 18.7 Å². The number of rotatable bonds is 1. The molecular formula is C19H22N4O3. The first-order chi connectivity index (χ1) is 12.5. The average molecular weight is 354 g/mol. The molecule has 3 heterocycles. The van der Waals surface area contributed by atoms with E-state index < -0.39 is 0 Å². The second-order valence-electron chi connectivity index (χ2n) is 7.00. The molecule has 2 atom stereocenters. The van der Waals surface area contributed by atoms with Crippen molar-refractivity contribution in [3.8, 4) is 0 Å². The number of ether oxygens (including phenoxy) is 1. The van der Waals surface area contributed by atoms with Crippen molar-refractivity contribution in [2.75, 3.05) is 18.5 Å². The van der Waals surface area contributed by atoms with Crippen LogP contribution in [0.3, 0.4) is 0 Å². The molecule has 4 rings (SSSR count). The van der Waals surface area contributed by atoms with E-state index >= 15 is 0 Å². The van der Waals surface area contributed by atoms with E-state index in [-0.39, 0.29) is 30.6 Å². The molecule has 1 N–H and O–H groups in total. The Bertz CT molecular complexity index is 875. The maximum Gasteiger partial charge on any atom is 0.275 e. The van der Waals surface area contributed by atoms with Crippen LogP contribution < -0.4 is 4.90 Å². The molecule has 0 fully saturated rings. The third-order valence-corrected chi connectivity index (χ3v) is 5.14. The van der Waals surface area contributed by atoms with Crippen molar-refractivity contribution in [2.24, 2.45) is 0 Å². The Labute approximate surface area is 151 Å². The van der Waals surface area contributed by atoms with E-state index in [1.165, 1.54) is 0 Å². The lowest BCUT2D eigenvalue weighted by molar-refractivity contribution is -0.118. The predicted octanol–water partition coefficient (Wildman–Crippen LogP) is 2.05. The highest BCUT2D eigenvalue weighted by molar-refractivity contribution is 6.01. The van der Waals surface area contributed by atoms with Crippen LogP contribution in [0, 0.1) is 0 Å². The topological polar surface area (TPSA) is 78.5 Å². The molecule has 0 unspecified atom stereocenters. The number of aromatic amines is 1. The first-order valence-corrected chi connectivity index (χ1v) is 8.82. The molecule has 2 aromatic rings. The fourth-order valence-corrected chi connectivity index (χ4v) is 3.78. The lowest BCUT2D eigenvalue weighted by Crippen LogP contribution is -2.39. The lowest BCUT2D eigenvalue weighted by Gasteiger charge is -2.26. The summed E-state index contributed by atoms with van der Waals surface area (Å²) >= 11 is 0. The molecule has 1 aromatic carbocycles. The van der Waals surface area contributed by atoms with E-state index in [9.17, 15) is 9.59 Å². The van der Waals surface area contributed by atoms with Gasteiger partial charge >= 0.3 is 0 Å². The molecule has 1 aromatic heterocycles. The molecule has 2 aliphatic rings. The van der Waals surface area contributed by atoms with Crippen molar-refractivity contribution in [3.63, 3.8) is 0 Å². The highest BCUT2D eigenvalue weighted by Crippen LogP contribution is 2.31. The van der Waals surface area contributed by atoms with Crippen molar-refractivity contribution in [2.45, 2.75) is 39.0 Å². The summed E-state index contributed by atoms with van der Waals surface area (Å²) in [6, 6.07) is 7.66. The van der Waals surface area contributed by atoms with Gasteiger partial charge in [-0.05, 0) is 25.5 Å². The summed E-state index contributed by atoms with van der Waals surface area (Å²) in [7, 11) is 1.74. The van der Waals surface area contributed by atoms with Gasteiger partial charge in [-0.3, -0.25) is 14.7 Å². The maximum absolute atomic E-state index is 13.2. The summed E-state index contributed by atoms with van der Waals surface area (Å²) < 4.78 is 5.79. The van der Waals surface area contributed by atoms with Crippen LogP contribution in [0.4, 0.5) is 5.69 Å². The highest BCUT2D eigenvalue weighted by Gasteiger charge is 2.33. The molecule has 0 bridgehead atoms. The number of amides is 2. The van der Waals surface area contributed by atoms with Crippen LogP contribution in [0.5, 0.6) is 0 Å². The van der Waals surface area contributed by atoms with Gasteiger partial charge in [-0.15, -0.1) is 0 Å². The molecular weight excluding hydrogens is 332 g/mol. The Morgan fingerprint density at radius 3 is 2.85 bits per heavy atom. The zero-order chi connectivity index (χ0) is 18.4. The fraction of sp³-hybridized carbons (Fsp3) is 0.421. The van der Waals surface area contributed by atoms with Gasteiger partial charge in [-0.25, -0.2) is 0 Å². The zero-order valence-corrected chi connectivity index (χ0v) is 15.2. The Hall–Kier alpha value is -2.67. The second kappa shape index (κ2) is 6.25. The van der Waals surface area contributed by atoms with E-state index in [1.54, 1.807) is 16.8 Å². The summed E-state index contributed by atoms with van der Waals surface area (Å²) in [6.07, 6.45) is 0.537. The monoisotopic (exact) mass is 354 g/mol. The molecule has 0 saturated heterocycles. The summed E-state index contributed by atoms with van der Waals surface area (Å²) in [5.74, 6) is -0.333. The van der Waals surface area contributed by atoms with Crippen LogP contribution in [0.1, 0.15) is 47.3 Å². The van der Waals surface area contributed by atoms with E-state index in [4.69, 9.17) is 4.74 Å². The standard InChI is InChI=1S/C19H22N4O3/c1-11-8-14-17(12(2)26-11)20-21-18(14)19(25)23-9-13-6-4-5-7-15(13)22(3)16(24)10-23/h4-7,11-12H,8-10H2,1-3H3,(H,20,21)/t11-,12+/m1/s1. The Balaban J connectivity index is 1.69. The van der Waals surface area contributed by atoms with Crippen LogP contribution in [0.2, 0.25) is 0 Å². The number of aromatic nitrogens is 2. The van der Waals surface area contributed by atoms with Crippen molar-refractivity contribution >= 4 is 17.5 Å². The molecule has 7 heteroatoms. The number of fused-ring (bicyclic) bond motifs is 2. The number of anilines is 1. The quantitative estimate of drug-likeness (QED) is 0.850. The average Bonchev–Trinajstić information content (AvgIpc) is 2.99. The number of hydrogen-bond acceptors (Lipinski definition) is 4. The number of nitrogens with one attached hydrogen (secondary N) is 1. The Morgan fingerprint density at radius 2 is 2.04 bits per heavy atom. The number of carbonyl (C=O) groups excluding carboxylic acids is 2. The van der Waals surface area contributed by atoms with Crippen LogP contribution in [0.25, 0.3) is 0 Å². The molecule has 26 heavy (non-hydrogen) atoms. The van der Waals surface area contributed by atoms with Crippen LogP contribution >= 0.6 is 0 Å². The minimum absolute atomic E-state index is 0.0271. The normalized spacial score (nSPS) is 22.7. The summed E-state index contributed by atoms with van der Waals surface area (Å²) in [5.41, 5.74) is 3.94. The number of nitrogens with zero attached hydrogens (tertiary/aromatic N) is 3. The number of hydrogen-bond donors (Lipinski definition) is 1. The number of likely N-dealkylation sites (N-methyl/N-ethyl adjacent to an activating group) is 1. The molecule has 0 radical (unpaired) electrons. The van der Waals surface area contributed by atoms with E-state index in [1.807, 2.05) is 38.1 Å². The first-order valence-electron chi connectivity index (χ1n) is 8.82. The summed E-state index contributed by atoms with van der Waals surface area (Å²) in [4.78, 5) is 28.9. The molecule has 0 saturated carbocycles. The van der Waals surface area contributed by atoms with Gasteiger partial charge in [0.15, 0.2) is 5.69 Å². The van der Waals surface area contributed by atoms with Crippen molar-refractivity contribution in [1.29, 1.82) is 0 Å². The van der Waals surface area contributed by atoms with Crippen molar-refractivity contribution in [3.05, 3.63) is 46.8 Å².